The van der Waals surface area contributed by atoms with Crippen LogP contribution in [0.5, 0.6) is 0 Å². The Bertz CT molecular complexity index is 228. The third kappa shape index (κ3) is 5.41. The first-order chi connectivity index (χ1) is 9.81. The van der Waals surface area contributed by atoms with Gasteiger partial charge in [-0.15, -0.1) is 0 Å². The molecule has 0 N–H and O–H groups in total. The predicted molar refractivity (Wildman–Crippen MR) is 89.9 cm³/mol. The molecule has 2 fully saturated rings. The van der Waals surface area contributed by atoms with Crippen molar-refractivity contribution in [2.24, 2.45) is 23.7 Å². The smallest absolute Gasteiger partial charge is 0.0414 e. The average molecular weight is 279 g/mol. The highest BCUT2D eigenvalue weighted by atomic mass is 14.3. The van der Waals surface area contributed by atoms with Crippen molar-refractivity contribution in [3.8, 4) is 0 Å². The van der Waals surface area contributed by atoms with Crippen molar-refractivity contribution < 1.29 is 0 Å². The van der Waals surface area contributed by atoms with Gasteiger partial charge in [-0.25, -0.2) is 0 Å². The van der Waals surface area contributed by atoms with E-state index < -0.39 is 0 Å². The quantitative estimate of drug-likeness (QED) is 0.471. The lowest BCUT2D eigenvalue weighted by Gasteiger charge is -2.30. The molecular formula is C20H38. The Hall–Kier alpha value is 0. The van der Waals surface area contributed by atoms with E-state index in [-0.39, 0.29) is 0 Å². The number of hydrogen-bond donors (Lipinski definition) is 0. The summed E-state index contributed by atoms with van der Waals surface area (Å²) in [5.41, 5.74) is 0. The second-order valence-corrected chi connectivity index (χ2v) is 7.90. The summed E-state index contributed by atoms with van der Waals surface area (Å²) in [6.07, 6.45) is 21.3. The minimum absolute atomic E-state index is 1.07. The van der Waals surface area contributed by atoms with Gasteiger partial charge in [-0.1, -0.05) is 104 Å². The summed E-state index contributed by atoms with van der Waals surface area (Å²) in [4.78, 5) is 0. The lowest BCUT2D eigenvalue weighted by molar-refractivity contribution is 0.226. The van der Waals surface area contributed by atoms with Gasteiger partial charge in [0.1, 0.15) is 0 Å². The van der Waals surface area contributed by atoms with E-state index in [1.54, 1.807) is 51.4 Å². The van der Waals surface area contributed by atoms with Crippen molar-refractivity contribution in [3.05, 3.63) is 0 Å². The van der Waals surface area contributed by atoms with Crippen molar-refractivity contribution in [3.63, 3.8) is 0 Å². The highest BCUT2D eigenvalue weighted by Crippen LogP contribution is 2.36. The van der Waals surface area contributed by atoms with Crippen LogP contribution in [0.25, 0.3) is 0 Å². The van der Waals surface area contributed by atoms with Crippen LogP contribution in [0, 0.1) is 23.7 Å². The molecule has 0 aromatic rings. The van der Waals surface area contributed by atoms with Crippen molar-refractivity contribution >= 4 is 0 Å². The summed E-state index contributed by atoms with van der Waals surface area (Å²) >= 11 is 0. The number of rotatable bonds is 7. The van der Waals surface area contributed by atoms with Crippen LogP contribution in [-0.2, 0) is 0 Å². The first-order valence-electron chi connectivity index (χ1n) is 9.81. The lowest BCUT2D eigenvalue weighted by atomic mass is 9.76. The van der Waals surface area contributed by atoms with Crippen LogP contribution in [0.15, 0.2) is 0 Å². The normalized spacial score (nSPS) is 35.1. The van der Waals surface area contributed by atoms with Crippen LogP contribution < -0.4 is 0 Å². The molecule has 20 heavy (non-hydrogen) atoms. The second-order valence-electron chi connectivity index (χ2n) is 7.90. The van der Waals surface area contributed by atoms with Gasteiger partial charge in [-0.2, -0.15) is 0 Å². The third-order valence-electron chi connectivity index (χ3n) is 6.43. The van der Waals surface area contributed by atoms with Crippen LogP contribution in [0.2, 0.25) is 0 Å². The largest absolute Gasteiger partial charge is 0.0654 e. The summed E-state index contributed by atoms with van der Waals surface area (Å²) in [6.45, 7) is 4.72. The van der Waals surface area contributed by atoms with Gasteiger partial charge in [0.05, 0.1) is 0 Å². The molecule has 0 atom stereocenters. The first-order valence-corrected chi connectivity index (χ1v) is 9.81. The molecule has 2 rings (SSSR count). The van der Waals surface area contributed by atoms with Gasteiger partial charge >= 0.3 is 0 Å². The van der Waals surface area contributed by atoms with Crippen LogP contribution in [-0.4, -0.2) is 0 Å². The van der Waals surface area contributed by atoms with E-state index in [1.165, 1.54) is 38.5 Å². The maximum atomic E-state index is 2.37. The zero-order valence-electron chi connectivity index (χ0n) is 14.2. The molecule has 0 unspecified atom stereocenters. The Morgan fingerprint density at radius 3 is 1.35 bits per heavy atom. The molecule has 0 aromatic carbocycles. The van der Waals surface area contributed by atoms with Crippen molar-refractivity contribution in [2.45, 2.75) is 104 Å². The molecule has 0 nitrogen and oxygen atoms in total. The Balaban J connectivity index is 1.52. The Morgan fingerprint density at radius 1 is 0.550 bits per heavy atom. The molecule has 0 heterocycles. The van der Waals surface area contributed by atoms with Gasteiger partial charge in [-0.05, 0) is 23.7 Å². The van der Waals surface area contributed by atoms with Crippen molar-refractivity contribution in [2.75, 3.05) is 0 Å². The first kappa shape index (κ1) is 16.4. The van der Waals surface area contributed by atoms with Crippen LogP contribution in [0.1, 0.15) is 104 Å². The van der Waals surface area contributed by atoms with E-state index in [9.17, 15) is 0 Å². The molecule has 0 aromatic heterocycles. The molecule has 0 aliphatic heterocycles. The molecule has 2 saturated carbocycles. The Morgan fingerprint density at radius 2 is 0.950 bits per heavy atom. The molecule has 0 bridgehead atoms. The van der Waals surface area contributed by atoms with Crippen molar-refractivity contribution in [1.29, 1.82) is 0 Å². The van der Waals surface area contributed by atoms with E-state index in [0.717, 1.165) is 23.7 Å². The zero-order valence-corrected chi connectivity index (χ0v) is 14.2. The summed E-state index contributed by atoms with van der Waals surface area (Å²) in [5, 5.41) is 0. The fourth-order valence-corrected chi connectivity index (χ4v) is 4.84. The Kier molecular flexibility index (Phi) is 7.45. The SMILES string of the molecule is CCCC1CCC(CCCC2CCC(CC)CC2)CC1. The van der Waals surface area contributed by atoms with Gasteiger partial charge in [0.15, 0.2) is 0 Å². The second kappa shape index (κ2) is 9.11. The van der Waals surface area contributed by atoms with Gasteiger partial charge in [0, 0.05) is 0 Å². The minimum atomic E-state index is 1.07. The fraction of sp³-hybridized carbons (Fsp3) is 1.00. The number of hydrogen-bond acceptors (Lipinski definition) is 0. The lowest BCUT2D eigenvalue weighted by Crippen LogP contribution is -2.16. The molecule has 118 valence electrons. The molecule has 0 amide bonds. The summed E-state index contributed by atoms with van der Waals surface area (Å²) < 4.78 is 0. The van der Waals surface area contributed by atoms with Gasteiger partial charge in [-0.3, -0.25) is 0 Å². The van der Waals surface area contributed by atoms with Gasteiger partial charge in [0.2, 0.25) is 0 Å². The predicted octanol–water partition coefficient (Wildman–Crippen LogP) is 6.98. The highest BCUT2D eigenvalue weighted by molar-refractivity contribution is 4.75. The standard InChI is InChI=1S/C20H38/c1-3-6-18-13-15-20(16-14-18)8-5-7-19-11-9-17(4-2)10-12-19/h17-20H,3-16H2,1-2H3. The molecule has 0 heteroatoms. The molecule has 2 aliphatic carbocycles. The van der Waals surface area contributed by atoms with E-state index in [2.05, 4.69) is 13.8 Å². The molecule has 0 spiro atoms. The average Bonchev–Trinajstić information content (AvgIpc) is 2.50. The van der Waals surface area contributed by atoms with Crippen LogP contribution in [0.4, 0.5) is 0 Å². The van der Waals surface area contributed by atoms with Crippen LogP contribution >= 0.6 is 0 Å². The van der Waals surface area contributed by atoms with Crippen LogP contribution in [0.3, 0.4) is 0 Å². The van der Waals surface area contributed by atoms with E-state index in [1.807, 2.05) is 0 Å². The highest BCUT2D eigenvalue weighted by Gasteiger charge is 2.22. The zero-order chi connectivity index (χ0) is 14.2. The van der Waals surface area contributed by atoms with Gasteiger partial charge < -0.3 is 0 Å². The summed E-state index contributed by atoms with van der Waals surface area (Å²) in [6, 6.07) is 0. The molecule has 0 radical (unpaired) electrons. The molecule has 0 saturated heterocycles. The van der Waals surface area contributed by atoms with Gasteiger partial charge in [0.25, 0.3) is 0 Å². The fourth-order valence-electron chi connectivity index (χ4n) is 4.84. The molecule has 2 aliphatic rings. The summed E-state index contributed by atoms with van der Waals surface area (Å²) in [7, 11) is 0. The van der Waals surface area contributed by atoms with E-state index in [0.29, 0.717) is 0 Å². The topological polar surface area (TPSA) is 0 Å². The third-order valence-corrected chi connectivity index (χ3v) is 6.43. The monoisotopic (exact) mass is 278 g/mol. The maximum Gasteiger partial charge on any atom is -0.0414 e. The summed E-state index contributed by atoms with van der Waals surface area (Å²) in [5.74, 6) is 4.34. The van der Waals surface area contributed by atoms with E-state index >= 15 is 0 Å². The maximum absolute atomic E-state index is 2.37. The van der Waals surface area contributed by atoms with E-state index in [4.69, 9.17) is 0 Å². The van der Waals surface area contributed by atoms with Crippen molar-refractivity contribution in [1.82, 2.24) is 0 Å². The molecular weight excluding hydrogens is 240 g/mol. The Labute approximate surface area is 128 Å². The minimum Gasteiger partial charge on any atom is -0.0654 e.